The third kappa shape index (κ3) is 3.95. The highest BCUT2D eigenvalue weighted by Gasteiger charge is 2.18. The Morgan fingerprint density at radius 2 is 1.74 bits per heavy atom. The monoisotopic (exact) mass is 396 g/mol. The molecule has 27 heavy (non-hydrogen) atoms. The van der Waals surface area contributed by atoms with Gasteiger partial charge in [0.25, 0.3) is 5.91 Å². The number of rotatable bonds is 4. The van der Waals surface area contributed by atoms with Crippen LogP contribution in [0.1, 0.15) is 21.5 Å². The maximum absolute atomic E-state index is 12.4. The van der Waals surface area contributed by atoms with E-state index in [1.54, 1.807) is 18.2 Å². The number of hydrogen-bond acceptors (Lipinski definition) is 2. The van der Waals surface area contributed by atoms with E-state index in [0.717, 1.165) is 19.5 Å². The summed E-state index contributed by atoms with van der Waals surface area (Å²) in [5.41, 5.74) is 5.10. The first kappa shape index (κ1) is 17.9. The summed E-state index contributed by atoms with van der Waals surface area (Å²) in [7, 11) is 0. The smallest absolute Gasteiger partial charge is 0.255 e. The predicted octanol–water partition coefficient (Wildman–Crippen LogP) is 5.81. The van der Waals surface area contributed by atoms with E-state index in [-0.39, 0.29) is 5.91 Å². The Morgan fingerprint density at radius 3 is 2.52 bits per heavy atom. The maximum Gasteiger partial charge on any atom is 0.255 e. The number of nitrogens with zero attached hydrogens (tertiary/aromatic N) is 1. The number of benzene rings is 3. The summed E-state index contributed by atoms with van der Waals surface area (Å²) in [6, 6.07) is 21.3. The van der Waals surface area contributed by atoms with Gasteiger partial charge in [0.05, 0.1) is 10.0 Å². The molecule has 0 aliphatic carbocycles. The van der Waals surface area contributed by atoms with Gasteiger partial charge >= 0.3 is 0 Å². The Balaban J connectivity index is 1.43. The Hall–Kier alpha value is -2.49. The molecular formula is C22H18Cl2N2O. The van der Waals surface area contributed by atoms with Crippen molar-refractivity contribution in [1.29, 1.82) is 0 Å². The first-order chi connectivity index (χ1) is 13.1. The number of anilines is 2. The van der Waals surface area contributed by atoms with Gasteiger partial charge in [-0.05, 0) is 53.9 Å². The van der Waals surface area contributed by atoms with Crippen LogP contribution >= 0.6 is 23.2 Å². The molecule has 1 N–H and O–H groups in total. The second-order valence-electron chi connectivity index (χ2n) is 6.58. The number of hydrogen-bond donors (Lipinski definition) is 1. The fraction of sp³-hybridized carbons (Fsp3) is 0.136. The molecule has 0 atom stereocenters. The topological polar surface area (TPSA) is 32.3 Å². The zero-order valence-corrected chi connectivity index (χ0v) is 16.1. The van der Waals surface area contributed by atoms with Crippen molar-refractivity contribution >= 4 is 40.5 Å². The van der Waals surface area contributed by atoms with Gasteiger partial charge in [0.15, 0.2) is 0 Å². The number of carbonyl (C=O) groups excluding carboxylic acids is 1. The summed E-state index contributed by atoms with van der Waals surface area (Å²) in [5.74, 6) is -0.175. The lowest BCUT2D eigenvalue weighted by Crippen LogP contribution is -2.19. The van der Waals surface area contributed by atoms with E-state index in [1.165, 1.54) is 16.8 Å². The largest absolute Gasteiger partial charge is 0.367 e. The highest BCUT2D eigenvalue weighted by molar-refractivity contribution is 6.42. The standard InChI is InChI=1S/C22H18Cl2N2O/c23-19-10-9-18(13-20(19)24)25-22(27)17-7-5-15(6-8-17)14-26-12-11-16-3-1-2-4-21(16)26/h1-10,13H,11-12,14H2,(H,25,27). The molecule has 136 valence electrons. The van der Waals surface area contributed by atoms with Crippen LogP contribution in [0.25, 0.3) is 0 Å². The Kier molecular flexibility index (Phi) is 5.06. The summed E-state index contributed by atoms with van der Waals surface area (Å²) in [6.45, 7) is 1.87. The first-order valence-corrected chi connectivity index (χ1v) is 9.54. The van der Waals surface area contributed by atoms with Gasteiger partial charge in [0.2, 0.25) is 0 Å². The van der Waals surface area contributed by atoms with Gasteiger partial charge in [0.1, 0.15) is 0 Å². The zero-order valence-electron chi connectivity index (χ0n) is 14.6. The lowest BCUT2D eigenvalue weighted by atomic mass is 10.1. The number of nitrogens with one attached hydrogen (secondary N) is 1. The molecule has 1 amide bonds. The van der Waals surface area contributed by atoms with E-state index in [4.69, 9.17) is 23.2 Å². The van der Waals surface area contributed by atoms with Crippen molar-refractivity contribution in [3.8, 4) is 0 Å². The minimum absolute atomic E-state index is 0.175. The van der Waals surface area contributed by atoms with Crippen LogP contribution in [0.2, 0.25) is 10.0 Å². The van der Waals surface area contributed by atoms with E-state index in [0.29, 0.717) is 21.3 Å². The minimum Gasteiger partial charge on any atom is -0.367 e. The molecule has 0 bridgehead atoms. The molecule has 0 radical (unpaired) electrons. The van der Waals surface area contributed by atoms with E-state index in [2.05, 4.69) is 34.5 Å². The SMILES string of the molecule is O=C(Nc1ccc(Cl)c(Cl)c1)c1ccc(CN2CCc3ccccc32)cc1. The second kappa shape index (κ2) is 7.63. The normalized spacial score (nSPS) is 12.7. The fourth-order valence-corrected chi connectivity index (χ4v) is 3.63. The van der Waals surface area contributed by atoms with Crippen LogP contribution in [0.15, 0.2) is 66.7 Å². The van der Waals surface area contributed by atoms with Crippen LogP contribution in [-0.4, -0.2) is 12.5 Å². The molecule has 0 unspecified atom stereocenters. The fourth-order valence-electron chi connectivity index (χ4n) is 3.33. The average Bonchev–Trinajstić information content (AvgIpc) is 3.08. The minimum atomic E-state index is -0.175. The average molecular weight is 397 g/mol. The third-order valence-corrected chi connectivity index (χ3v) is 5.49. The number of fused-ring (bicyclic) bond motifs is 1. The quantitative estimate of drug-likeness (QED) is 0.603. The number of para-hydroxylation sites is 1. The third-order valence-electron chi connectivity index (χ3n) is 4.75. The van der Waals surface area contributed by atoms with Gasteiger partial charge in [-0.25, -0.2) is 0 Å². The Labute approximate surface area is 168 Å². The van der Waals surface area contributed by atoms with Crippen molar-refractivity contribution in [3.63, 3.8) is 0 Å². The Bertz CT molecular complexity index is 986. The van der Waals surface area contributed by atoms with Crippen LogP contribution in [0.4, 0.5) is 11.4 Å². The van der Waals surface area contributed by atoms with Crippen molar-refractivity contribution in [3.05, 3.63) is 93.5 Å². The van der Waals surface area contributed by atoms with Crippen LogP contribution in [-0.2, 0) is 13.0 Å². The van der Waals surface area contributed by atoms with Crippen LogP contribution in [0.3, 0.4) is 0 Å². The van der Waals surface area contributed by atoms with Crippen molar-refractivity contribution in [2.75, 3.05) is 16.8 Å². The number of carbonyl (C=O) groups is 1. The molecule has 0 saturated carbocycles. The van der Waals surface area contributed by atoms with E-state index < -0.39 is 0 Å². The van der Waals surface area contributed by atoms with Crippen molar-refractivity contribution in [1.82, 2.24) is 0 Å². The summed E-state index contributed by atoms with van der Waals surface area (Å²) in [4.78, 5) is 14.8. The van der Waals surface area contributed by atoms with E-state index in [9.17, 15) is 4.79 Å². The van der Waals surface area contributed by atoms with Gasteiger partial charge in [-0.2, -0.15) is 0 Å². The Morgan fingerprint density at radius 1 is 0.963 bits per heavy atom. The zero-order chi connectivity index (χ0) is 18.8. The van der Waals surface area contributed by atoms with E-state index >= 15 is 0 Å². The molecule has 1 aliphatic heterocycles. The van der Waals surface area contributed by atoms with Gasteiger partial charge in [0, 0.05) is 30.0 Å². The molecule has 0 fully saturated rings. The molecule has 1 aliphatic rings. The van der Waals surface area contributed by atoms with Crippen molar-refractivity contribution in [2.45, 2.75) is 13.0 Å². The van der Waals surface area contributed by atoms with Crippen LogP contribution < -0.4 is 10.2 Å². The molecule has 4 rings (SSSR count). The second-order valence-corrected chi connectivity index (χ2v) is 7.39. The molecule has 3 aromatic carbocycles. The van der Waals surface area contributed by atoms with Crippen molar-refractivity contribution < 1.29 is 4.79 Å². The van der Waals surface area contributed by atoms with Gasteiger partial charge in [-0.3, -0.25) is 4.79 Å². The molecule has 3 nitrogen and oxygen atoms in total. The molecule has 0 spiro atoms. The highest BCUT2D eigenvalue weighted by Crippen LogP contribution is 2.29. The molecule has 1 heterocycles. The van der Waals surface area contributed by atoms with Gasteiger partial charge in [-0.1, -0.05) is 53.5 Å². The molecule has 0 aromatic heterocycles. The molecule has 5 heteroatoms. The number of halogens is 2. The maximum atomic E-state index is 12.4. The van der Waals surface area contributed by atoms with Crippen LogP contribution in [0, 0.1) is 0 Å². The summed E-state index contributed by atoms with van der Waals surface area (Å²) < 4.78 is 0. The summed E-state index contributed by atoms with van der Waals surface area (Å²) in [5, 5.41) is 3.71. The van der Waals surface area contributed by atoms with Crippen molar-refractivity contribution in [2.24, 2.45) is 0 Å². The molecule has 3 aromatic rings. The molecular weight excluding hydrogens is 379 g/mol. The predicted molar refractivity (Wildman–Crippen MR) is 112 cm³/mol. The lowest BCUT2D eigenvalue weighted by Gasteiger charge is -2.19. The number of amides is 1. The summed E-state index contributed by atoms with van der Waals surface area (Å²) in [6.07, 6.45) is 1.08. The first-order valence-electron chi connectivity index (χ1n) is 8.78. The van der Waals surface area contributed by atoms with Gasteiger partial charge in [-0.15, -0.1) is 0 Å². The molecule has 0 saturated heterocycles. The lowest BCUT2D eigenvalue weighted by molar-refractivity contribution is 0.102. The van der Waals surface area contributed by atoms with E-state index in [1.807, 2.05) is 24.3 Å². The van der Waals surface area contributed by atoms with Gasteiger partial charge < -0.3 is 10.2 Å². The van der Waals surface area contributed by atoms with Crippen LogP contribution in [0.5, 0.6) is 0 Å². The summed E-state index contributed by atoms with van der Waals surface area (Å²) >= 11 is 11.9. The highest BCUT2D eigenvalue weighted by atomic mass is 35.5.